The number of benzene rings is 2. The van der Waals surface area contributed by atoms with Gasteiger partial charge in [0.2, 0.25) is 12.7 Å². The van der Waals surface area contributed by atoms with Crippen LogP contribution in [0.5, 0.6) is 11.5 Å². The van der Waals surface area contributed by atoms with E-state index in [0.717, 1.165) is 23.5 Å². The fourth-order valence-electron chi connectivity index (χ4n) is 2.71. The van der Waals surface area contributed by atoms with Crippen LogP contribution in [-0.2, 0) is 11.2 Å². The van der Waals surface area contributed by atoms with Gasteiger partial charge in [0.15, 0.2) is 17.3 Å². The van der Waals surface area contributed by atoms with E-state index in [0.29, 0.717) is 31.4 Å². The molecule has 1 heterocycles. The summed E-state index contributed by atoms with van der Waals surface area (Å²) in [5, 5.41) is 2.89. The number of hydrogen-bond donors (Lipinski definition) is 1. The summed E-state index contributed by atoms with van der Waals surface area (Å²) in [5.74, 6) is 1.56. The molecule has 0 saturated carbocycles. The molecule has 1 amide bonds. The lowest BCUT2D eigenvalue weighted by Crippen LogP contribution is -2.25. The van der Waals surface area contributed by atoms with Crippen molar-refractivity contribution in [2.75, 3.05) is 13.3 Å². The molecule has 0 unspecified atom stereocenters. The van der Waals surface area contributed by atoms with Gasteiger partial charge in [-0.25, -0.2) is 0 Å². The summed E-state index contributed by atoms with van der Waals surface area (Å²) >= 11 is 0. The van der Waals surface area contributed by atoms with Crippen molar-refractivity contribution in [1.82, 2.24) is 5.32 Å². The lowest BCUT2D eigenvalue weighted by atomic mass is 10.1. The van der Waals surface area contributed by atoms with Gasteiger partial charge in [0.25, 0.3) is 0 Å². The normalized spacial score (nSPS) is 12.0. The first-order valence-electron chi connectivity index (χ1n) is 8.46. The van der Waals surface area contributed by atoms with Crippen molar-refractivity contribution in [3.05, 3.63) is 59.7 Å². The summed E-state index contributed by atoms with van der Waals surface area (Å²) in [6, 6.07) is 15.0. The van der Waals surface area contributed by atoms with Crippen LogP contribution in [0.1, 0.15) is 35.2 Å². The molecule has 0 saturated heterocycles. The molecule has 130 valence electrons. The van der Waals surface area contributed by atoms with Crippen LogP contribution in [0.2, 0.25) is 0 Å². The van der Waals surface area contributed by atoms with Crippen LogP contribution in [0.4, 0.5) is 0 Å². The molecule has 5 heteroatoms. The molecule has 5 nitrogen and oxygen atoms in total. The van der Waals surface area contributed by atoms with Crippen LogP contribution in [0.25, 0.3) is 0 Å². The van der Waals surface area contributed by atoms with Gasteiger partial charge in [0, 0.05) is 24.9 Å². The molecule has 0 radical (unpaired) electrons. The summed E-state index contributed by atoms with van der Waals surface area (Å²) in [7, 11) is 0. The van der Waals surface area contributed by atoms with Gasteiger partial charge in [-0.05, 0) is 30.5 Å². The van der Waals surface area contributed by atoms with Gasteiger partial charge >= 0.3 is 0 Å². The molecule has 0 fully saturated rings. The summed E-state index contributed by atoms with van der Waals surface area (Å²) in [4.78, 5) is 23.8. The van der Waals surface area contributed by atoms with E-state index in [4.69, 9.17) is 9.47 Å². The van der Waals surface area contributed by atoms with E-state index >= 15 is 0 Å². The number of carbonyl (C=O) groups is 2. The zero-order valence-corrected chi connectivity index (χ0v) is 14.0. The number of hydrogen-bond acceptors (Lipinski definition) is 4. The quantitative estimate of drug-likeness (QED) is 0.751. The standard InChI is InChI=1S/C20H21NO4/c22-17(16-5-2-1-3-6-16)7-4-8-20(23)21-12-11-15-9-10-18-19(13-15)25-14-24-18/h1-3,5-6,9-10,13H,4,7-8,11-12,14H2,(H,21,23). The minimum atomic E-state index is -0.0263. The minimum absolute atomic E-state index is 0.0263. The molecule has 1 aliphatic rings. The molecule has 1 aliphatic heterocycles. The fraction of sp³-hybridized carbons (Fsp3) is 0.300. The van der Waals surface area contributed by atoms with Crippen LogP contribution in [0.15, 0.2) is 48.5 Å². The van der Waals surface area contributed by atoms with Crippen LogP contribution < -0.4 is 14.8 Å². The Labute approximate surface area is 147 Å². The molecule has 3 rings (SSSR count). The van der Waals surface area contributed by atoms with E-state index in [9.17, 15) is 9.59 Å². The SMILES string of the molecule is O=C(CCCC(=O)c1ccccc1)NCCc1ccc2c(c1)OCO2. The topological polar surface area (TPSA) is 64.6 Å². The maximum absolute atomic E-state index is 12.0. The predicted octanol–water partition coefficient (Wildman–Crippen LogP) is 3.13. The van der Waals surface area contributed by atoms with Crippen molar-refractivity contribution >= 4 is 11.7 Å². The Balaban J connectivity index is 1.34. The third-order valence-electron chi connectivity index (χ3n) is 4.08. The Kier molecular flexibility index (Phi) is 5.67. The zero-order chi connectivity index (χ0) is 17.5. The summed E-state index contributed by atoms with van der Waals surface area (Å²) in [5.41, 5.74) is 1.79. The van der Waals surface area contributed by atoms with E-state index in [1.165, 1.54) is 0 Å². The highest BCUT2D eigenvalue weighted by molar-refractivity contribution is 5.96. The lowest BCUT2D eigenvalue weighted by Gasteiger charge is -2.06. The van der Waals surface area contributed by atoms with E-state index in [-0.39, 0.29) is 18.5 Å². The third-order valence-corrected chi connectivity index (χ3v) is 4.08. The highest BCUT2D eigenvalue weighted by Crippen LogP contribution is 2.32. The van der Waals surface area contributed by atoms with Gasteiger partial charge in [0.1, 0.15) is 0 Å². The first kappa shape index (κ1) is 17.0. The maximum Gasteiger partial charge on any atom is 0.231 e. The fourth-order valence-corrected chi connectivity index (χ4v) is 2.71. The second kappa shape index (κ2) is 8.33. The molecule has 0 bridgehead atoms. The van der Waals surface area contributed by atoms with Crippen LogP contribution in [-0.4, -0.2) is 25.0 Å². The van der Waals surface area contributed by atoms with Crippen LogP contribution in [0, 0.1) is 0 Å². The minimum Gasteiger partial charge on any atom is -0.454 e. The molecular weight excluding hydrogens is 318 g/mol. The van der Waals surface area contributed by atoms with Gasteiger partial charge in [-0.1, -0.05) is 36.4 Å². The number of ether oxygens (including phenoxy) is 2. The third kappa shape index (κ3) is 4.83. The molecule has 1 N–H and O–H groups in total. The van der Waals surface area contributed by atoms with Crippen molar-refractivity contribution in [3.8, 4) is 11.5 Å². The number of fused-ring (bicyclic) bond motifs is 1. The molecule has 2 aromatic rings. The van der Waals surface area contributed by atoms with Crippen molar-refractivity contribution < 1.29 is 19.1 Å². The predicted molar refractivity (Wildman–Crippen MR) is 93.9 cm³/mol. The Morgan fingerprint density at radius 1 is 0.960 bits per heavy atom. The maximum atomic E-state index is 12.0. The summed E-state index contributed by atoms with van der Waals surface area (Å²) < 4.78 is 10.6. The Morgan fingerprint density at radius 2 is 1.76 bits per heavy atom. The average Bonchev–Trinajstić information content (AvgIpc) is 3.10. The van der Waals surface area contributed by atoms with E-state index in [2.05, 4.69) is 5.32 Å². The molecule has 0 aromatic heterocycles. The number of rotatable bonds is 8. The van der Waals surface area contributed by atoms with Crippen LogP contribution in [0.3, 0.4) is 0 Å². The molecule has 0 aliphatic carbocycles. The Bertz CT molecular complexity index is 743. The first-order valence-corrected chi connectivity index (χ1v) is 8.46. The van der Waals surface area contributed by atoms with Crippen molar-refractivity contribution in [1.29, 1.82) is 0 Å². The lowest BCUT2D eigenvalue weighted by molar-refractivity contribution is -0.121. The second-order valence-electron chi connectivity index (χ2n) is 5.93. The monoisotopic (exact) mass is 339 g/mol. The molecular formula is C20H21NO4. The van der Waals surface area contributed by atoms with Crippen LogP contribution >= 0.6 is 0 Å². The molecule has 0 atom stereocenters. The van der Waals surface area contributed by atoms with Crippen molar-refractivity contribution in [2.45, 2.75) is 25.7 Å². The number of nitrogens with one attached hydrogen (secondary N) is 1. The Morgan fingerprint density at radius 3 is 2.60 bits per heavy atom. The Hall–Kier alpha value is -2.82. The zero-order valence-electron chi connectivity index (χ0n) is 14.0. The first-order chi connectivity index (χ1) is 12.2. The van der Waals surface area contributed by atoms with Gasteiger partial charge < -0.3 is 14.8 Å². The van der Waals surface area contributed by atoms with Crippen molar-refractivity contribution in [2.24, 2.45) is 0 Å². The number of Topliss-reactive ketones (excluding diaryl/α,β-unsaturated/α-hetero) is 1. The van der Waals surface area contributed by atoms with Crippen molar-refractivity contribution in [3.63, 3.8) is 0 Å². The smallest absolute Gasteiger partial charge is 0.231 e. The largest absolute Gasteiger partial charge is 0.454 e. The molecule has 0 spiro atoms. The van der Waals surface area contributed by atoms with E-state index in [1.807, 2.05) is 36.4 Å². The van der Waals surface area contributed by atoms with Gasteiger partial charge in [-0.2, -0.15) is 0 Å². The van der Waals surface area contributed by atoms with E-state index in [1.54, 1.807) is 12.1 Å². The highest BCUT2D eigenvalue weighted by atomic mass is 16.7. The number of carbonyl (C=O) groups excluding carboxylic acids is 2. The number of amides is 1. The highest BCUT2D eigenvalue weighted by Gasteiger charge is 2.13. The summed E-state index contributed by atoms with van der Waals surface area (Å²) in [6.07, 6.45) is 2.04. The second-order valence-corrected chi connectivity index (χ2v) is 5.93. The molecule has 25 heavy (non-hydrogen) atoms. The van der Waals surface area contributed by atoms with E-state index < -0.39 is 0 Å². The molecule has 2 aromatic carbocycles. The van der Waals surface area contributed by atoms with Gasteiger partial charge in [-0.15, -0.1) is 0 Å². The van der Waals surface area contributed by atoms with Gasteiger partial charge in [-0.3, -0.25) is 9.59 Å². The average molecular weight is 339 g/mol. The number of ketones is 1. The summed E-state index contributed by atoms with van der Waals surface area (Å²) in [6.45, 7) is 0.822. The van der Waals surface area contributed by atoms with Gasteiger partial charge in [0.05, 0.1) is 0 Å².